The van der Waals surface area contributed by atoms with Gasteiger partial charge < -0.3 is 14.5 Å². The van der Waals surface area contributed by atoms with Crippen LogP contribution < -0.4 is 14.5 Å². The molecule has 2 aromatic rings. The lowest BCUT2D eigenvalue weighted by Gasteiger charge is -2.17. The first-order valence-corrected chi connectivity index (χ1v) is 9.82. The monoisotopic (exact) mass is 393 g/mol. The Morgan fingerprint density at radius 2 is 1.57 bits per heavy atom. The standard InChI is InChI=1S/C22H23N3O2S/c1-23-20(15-16-5-7-17(8-6-16)24-13-3-4-14-24)21(26)25(22(23)28)18-9-11-19(27-2)12-10-18/h5-12,15H,3-4,13-14H2,1-2H3/b20-15+. The van der Waals surface area contributed by atoms with Crippen LogP contribution >= 0.6 is 12.2 Å². The van der Waals surface area contributed by atoms with Gasteiger partial charge in [-0.25, -0.2) is 0 Å². The van der Waals surface area contributed by atoms with Gasteiger partial charge in [-0.15, -0.1) is 0 Å². The number of carbonyl (C=O) groups excluding carboxylic acids is 1. The van der Waals surface area contributed by atoms with Gasteiger partial charge in [0.25, 0.3) is 5.91 Å². The van der Waals surface area contributed by atoms with E-state index < -0.39 is 0 Å². The van der Waals surface area contributed by atoms with Gasteiger partial charge in [0.1, 0.15) is 11.4 Å². The Hall–Kier alpha value is -2.86. The summed E-state index contributed by atoms with van der Waals surface area (Å²) in [4.78, 5) is 18.8. The lowest BCUT2D eigenvalue weighted by molar-refractivity contribution is -0.114. The molecular weight excluding hydrogens is 370 g/mol. The number of hydrogen-bond acceptors (Lipinski definition) is 4. The number of amides is 1. The zero-order chi connectivity index (χ0) is 19.7. The number of nitrogens with zero attached hydrogens (tertiary/aromatic N) is 3. The van der Waals surface area contributed by atoms with Crippen molar-refractivity contribution in [1.29, 1.82) is 0 Å². The van der Waals surface area contributed by atoms with Crippen LogP contribution in [0.1, 0.15) is 18.4 Å². The molecule has 0 unspecified atom stereocenters. The maximum absolute atomic E-state index is 13.1. The highest BCUT2D eigenvalue weighted by molar-refractivity contribution is 7.80. The van der Waals surface area contributed by atoms with Gasteiger partial charge >= 0.3 is 0 Å². The van der Waals surface area contributed by atoms with Crippen LogP contribution in [-0.4, -0.2) is 43.2 Å². The molecule has 0 radical (unpaired) electrons. The highest BCUT2D eigenvalue weighted by Gasteiger charge is 2.36. The van der Waals surface area contributed by atoms with Crippen LogP contribution in [0.3, 0.4) is 0 Å². The predicted octanol–water partition coefficient (Wildman–Crippen LogP) is 3.90. The Kier molecular flexibility index (Phi) is 5.05. The summed E-state index contributed by atoms with van der Waals surface area (Å²) in [5.41, 5.74) is 3.52. The van der Waals surface area contributed by atoms with Gasteiger partial charge in [0, 0.05) is 25.8 Å². The van der Waals surface area contributed by atoms with Crippen LogP contribution in [0, 0.1) is 0 Å². The van der Waals surface area contributed by atoms with E-state index in [0.29, 0.717) is 10.8 Å². The van der Waals surface area contributed by atoms with Crippen LogP contribution in [-0.2, 0) is 4.79 Å². The number of ether oxygens (including phenoxy) is 1. The summed E-state index contributed by atoms with van der Waals surface area (Å²) in [5.74, 6) is 0.616. The second-order valence-corrected chi connectivity index (χ2v) is 7.36. The summed E-state index contributed by atoms with van der Waals surface area (Å²) in [6, 6.07) is 15.7. The number of benzene rings is 2. The summed E-state index contributed by atoms with van der Waals surface area (Å²) in [7, 11) is 3.44. The smallest absolute Gasteiger partial charge is 0.281 e. The molecule has 4 rings (SSSR count). The van der Waals surface area contributed by atoms with Crippen molar-refractivity contribution in [2.24, 2.45) is 0 Å². The first kappa shape index (κ1) is 18.5. The molecular formula is C22H23N3O2S. The molecule has 2 fully saturated rings. The lowest BCUT2D eigenvalue weighted by Crippen LogP contribution is -2.31. The molecule has 2 heterocycles. The van der Waals surface area contributed by atoms with Crippen molar-refractivity contribution < 1.29 is 9.53 Å². The molecule has 5 nitrogen and oxygen atoms in total. The highest BCUT2D eigenvalue weighted by atomic mass is 32.1. The summed E-state index contributed by atoms with van der Waals surface area (Å²) in [5, 5.41) is 0.468. The Balaban J connectivity index is 1.58. The van der Waals surface area contributed by atoms with Crippen LogP contribution in [0.4, 0.5) is 11.4 Å². The maximum atomic E-state index is 13.1. The van der Waals surface area contributed by atoms with Crippen molar-refractivity contribution >= 4 is 40.7 Å². The molecule has 2 aromatic carbocycles. The van der Waals surface area contributed by atoms with Gasteiger partial charge in [-0.1, -0.05) is 12.1 Å². The highest BCUT2D eigenvalue weighted by Crippen LogP contribution is 2.29. The summed E-state index contributed by atoms with van der Waals surface area (Å²) >= 11 is 5.52. The van der Waals surface area contributed by atoms with Gasteiger partial charge in [-0.2, -0.15) is 0 Å². The van der Waals surface area contributed by atoms with Gasteiger partial charge in [0.2, 0.25) is 0 Å². The molecule has 0 bridgehead atoms. The molecule has 1 amide bonds. The minimum atomic E-state index is -0.124. The van der Waals surface area contributed by atoms with Gasteiger partial charge in [0.05, 0.1) is 12.8 Å². The van der Waals surface area contributed by atoms with E-state index in [9.17, 15) is 4.79 Å². The second kappa shape index (κ2) is 7.64. The third-order valence-corrected chi connectivity index (χ3v) is 5.72. The van der Waals surface area contributed by atoms with E-state index in [1.54, 1.807) is 16.9 Å². The first-order valence-electron chi connectivity index (χ1n) is 9.41. The van der Waals surface area contributed by atoms with Crippen LogP contribution in [0.25, 0.3) is 6.08 Å². The van der Waals surface area contributed by atoms with Gasteiger partial charge in [-0.05, 0) is 73.1 Å². The molecule has 6 heteroatoms. The third kappa shape index (κ3) is 3.36. The SMILES string of the molecule is COc1ccc(N2C(=O)/C(=C\c3ccc(N4CCCC4)cc3)N(C)C2=S)cc1. The largest absolute Gasteiger partial charge is 0.497 e. The molecule has 144 valence electrons. The van der Waals surface area contributed by atoms with E-state index in [-0.39, 0.29) is 5.91 Å². The number of carbonyl (C=O) groups is 1. The summed E-state index contributed by atoms with van der Waals surface area (Å²) in [6.07, 6.45) is 4.40. The number of anilines is 2. The van der Waals surface area contributed by atoms with Crippen LogP contribution in [0.2, 0.25) is 0 Å². The molecule has 0 atom stereocenters. The van der Waals surface area contributed by atoms with Crippen molar-refractivity contribution in [3.63, 3.8) is 0 Å². The summed E-state index contributed by atoms with van der Waals surface area (Å²) < 4.78 is 5.19. The minimum Gasteiger partial charge on any atom is -0.497 e. The molecule has 0 aromatic heterocycles. The fraction of sp³-hybridized carbons (Fsp3) is 0.273. The van der Waals surface area contributed by atoms with E-state index in [1.165, 1.54) is 18.5 Å². The minimum absolute atomic E-state index is 0.124. The number of thiocarbonyl (C=S) groups is 1. The van der Waals surface area contributed by atoms with E-state index in [2.05, 4.69) is 29.2 Å². The Bertz CT molecular complexity index is 916. The molecule has 0 N–H and O–H groups in total. The normalized spacial score (nSPS) is 18.5. The fourth-order valence-electron chi connectivity index (χ4n) is 3.63. The van der Waals surface area contributed by atoms with E-state index in [4.69, 9.17) is 17.0 Å². The number of likely N-dealkylation sites (N-methyl/N-ethyl adjacent to an activating group) is 1. The van der Waals surface area contributed by atoms with E-state index >= 15 is 0 Å². The lowest BCUT2D eigenvalue weighted by atomic mass is 10.1. The topological polar surface area (TPSA) is 36.0 Å². The average molecular weight is 394 g/mol. The number of hydrogen-bond donors (Lipinski definition) is 0. The zero-order valence-corrected chi connectivity index (χ0v) is 16.9. The molecule has 28 heavy (non-hydrogen) atoms. The van der Waals surface area contributed by atoms with Crippen molar-refractivity contribution in [3.05, 3.63) is 59.8 Å². The quantitative estimate of drug-likeness (QED) is 0.582. The van der Waals surface area contributed by atoms with Crippen LogP contribution in [0.5, 0.6) is 5.75 Å². The predicted molar refractivity (Wildman–Crippen MR) is 117 cm³/mol. The summed E-state index contributed by atoms with van der Waals surface area (Å²) in [6.45, 7) is 2.24. The van der Waals surface area contributed by atoms with Crippen molar-refractivity contribution in [1.82, 2.24) is 4.90 Å². The van der Waals surface area contributed by atoms with Crippen molar-refractivity contribution in [3.8, 4) is 5.75 Å². The first-order chi connectivity index (χ1) is 13.6. The fourth-order valence-corrected chi connectivity index (χ4v) is 3.92. The Labute approximate surface area is 170 Å². The maximum Gasteiger partial charge on any atom is 0.281 e. The van der Waals surface area contributed by atoms with Crippen molar-refractivity contribution in [2.75, 3.05) is 37.0 Å². The van der Waals surface area contributed by atoms with Gasteiger partial charge in [0.15, 0.2) is 5.11 Å². The Morgan fingerprint density at radius 1 is 0.964 bits per heavy atom. The molecule has 0 aliphatic carbocycles. The molecule has 2 aliphatic rings. The second-order valence-electron chi connectivity index (χ2n) is 7.00. The Morgan fingerprint density at radius 3 is 2.18 bits per heavy atom. The van der Waals surface area contributed by atoms with Crippen LogP contribution in [0.15, 0.2) is 54.2 Å². The van der Waals surface area contributed by atoms with E-state index in [0.717, 1.165) is 30.1 Å². The molecule has 2 aliphatic heterocycles. The average Bonchev–Trinajstić information content (AvgIpc) is 3.33. The molecule has 2 saturated heterocycles. The van der Waals surface area contributed by atoms with Crippen molar-refractivity contribution in [2.45, 2.75) is 12.8 Å². The molecule has 0 saturated carbocycles. The van der Waals surface area contributed by atoms with Gasteiger partial charge in [-0.3, -0.25) is 9.69 Å². The zero-order valence-electron chi connectivity index (χ0n) is 16.1. The molecule has 0 spiro atoms. The number of rotatable bonds is 4. The third-order valence-electron chi connectivity index (χ3n) is 5.26. The number of methoxy groups -OCH3 is 1. The van der Waals surface area contributed by atoms with E-state index in [1.807, 2.05) is 37.4 Å².